The van der Waals surface area contributed by atoms with Crippen molar-refractivity contribution in [3.05, 3.63) is 12.3 Å². The molecule has 0 unspecified atom stereocenters. The van der Waals surface area contributed by atoms with Crippen LogP contribution in [0.25, 0.3) is 0 Å². The average molecular weight is 227 g/mol. The molecule has 4 heteroatoms. The first kappa shape index (κ1) is 13.2. The van der Waals surface area contributed by atoms with Crippen LogP contribution >= 0.6 is 0 Å². The molecule has 0 aromatic heterocycles. The van der Waals surface area contributed by atoms with Crippen LogP contribution in [-0.4, -0.2) is 43.8 Å². The molecule has 0 radical (unpaired) electrons. The van der Waals surface area contributed by atoms with Gasteiger partial charge in [0.25, 0.3) is 0 Å². The fraction of sp³-hybridized carbons (Fsp3) is 0.750. The third-order valence-electron chi connectivity index (χ3n) is 2.45. The van der Waals surface area contributed by atoms with Gasteiger partial charge in [-0.05, 0) is 6.92 Å². The molecular formula is C12H21NO3. The Kier molecular flexibility index (Phi) is 3.76. The van der Waals surface area contributed by atoms with Crippen molar-refractivity contribution < 1.29 is 14.3 Å². The molecule has 0 spiro atoms. The number of ketones is 1. The minimum Gasteiger partial charge on any atom is -0.383 e. The molecule has 0 aliphatic carbocycles. The van der Waals surface area contributed by atoms with Gasteiger partial charge in [-0.2, -0.15) is 0 Å². The van der Waals surface area contributed by atoms with Gasteiger partial charge in [-0.1, -0.05) is 13.8 Å². The molecule has 0 N–H and O–H groups in total. The van der Waals surface area contributed by atoms with E-state index in [0.29, 0.717) is 13.2 Å². The number of carbonyl (C=O) groups excluding carboxylic acids is 1. The minimum atomic E-state index is -1.12. The first-order valence-electron chi connectivity index (χ1n) is 5.42. The van der Waals surface area contributed by atoms with Crippen LogP contribution in [0, 0.1) is 5.41 Å². The molecule has 1 heterocycles. The lowest BCUT2D eigenvalue weighted by atomic mass is 9.94. The van der Waals surface area contributed by atoms with Crippen molar-refractivity contribution in [2.75, 3.05) is 27.3 Å². The molecule has 0 amide bonds. The van der Waals surface area contributed by atoms with Crippen molar-refractivity contribution in [2.45, 2.75) is 26.6 Å². The summed E-state index contributed by atoms with van der Waals surface area (Å²) >= 11 is 0. The predicted molar refractivity (Wildman–Crippen MR) is 61.9 cm³/mol. The summed E-state index contributed by atoms with van der Waals surface area (Å²) in [6, 6.07) is 0. The number of nitrogens with zero attached hydrogens (tertiary/aromatic N) is 1. The van der Waals surface area contributed by atoms with E-state index in [0.717, 1.165) is 0 Å². The molecule has 0 aromatic carbocycles. The second-order valence-corrected chi connectivity index (χ2v) is 5.33. The summed E-state index contributed by atoms with van der Waals surface area (Å²) in [6.45, 7) is 6.83. The lowest BCUT2D eigenvalue weighted by molar-refractivity contribution is -0.270. The van der Waals surface area contributed by atoms with Crippen LogP contribution < -0.4 is 0 Å². The topological polar surface area (TPSA) is 38.8 Å². The van der Waals surface area contributed by atoms with Gasteiger partial charge in [0.15, 0.2) is 0 Å². The molecule has 0 bridgehead atoms. The Morgan fingerprint density at radius 3 is 2.12 bits per heavy atom. The average Bonchev–Trinajstić information content (AvgIpc) is 2.19. The molecule has 0 saturated carbocycles. The van der Waals surface area contributed by atoms with E-state index >= 15 is 0 Å². The Bertz CT molecular complexity index is 285. The van der Waals surface area contributed by atoms with E-state index in [4.69, 9.17) is 9.47 Å². The van der Waals surface area contributed by atoms with Crippen LogP contribution in [0.15, 0.2) is 12.3 Å². The highest BCUT2D eigenvalue weighted by Crippen LogP contribution is 2.29. The highest BCUT2D eigenvalue weighted by molar-refractivity contribution is 5.95. The zero-order chi connectivity index (χ0) is 12.4. The third-order valence-corrected chi connectivity index (χ3v) is 2.45. The molecule has 1 fully saturated rings. The minimum absolute atomic E-state index is 0.0228. The van der Waals surface area contributed by atoms with Crippen LogP contribution in [0.4, 0.5) is 0 Å². The number of ether oxygens (including phenoxy) is 2. The second kappa shape index (κ2) is 4.55. The van der Waals surface area contributed by atoms with Gasteiger partial charge in [0.05, 0.1) is 13.2 Å². The quantitative estimate of drug-likeness (QED) is 0.684. The Labute approximate surface area is 97.2 Å². The van der Waals surface area contributed by atoms with Gasteiger partial charge in [0.1, 0.15) is 0 Å². The first-order chi connectivity index (χ1) is 7.25. The summed E-state index contributed by atoms with van der Waals surface area (Å²) < 4.78 is 11.1. The van der Waals surface area contributed by atoms with Gasteiger partial charge in [-0.3, -0.25) is 4.79 Å². The molecular weight excluding hydrogens is 206 g/mol. The third kappa shape index (κ3) is 3.32. The normalized spacial score (nSPS) is 23.3. The molecule has 1 saturated heterocycles. The summed E-state index contributed by atoms with van der Waals surface area (Å²) in [7, 11) is 3.72. The lowest BCUT2D eigenvalue weighted by Crippen LogP contribution is -2.50. The van der Waals surface area contributed by atoms with E-state index in [1.54, 1.807) is 18.0 Å². The predicted octanol–water partition coefficient (Wildman–Crippen LogP) is 1.42. The van der Waals surface area contributed by atoms with Gasteiger partial charge in [0.2, 0.25) is 11.6 Å². The van der Waals surface area contributed by atoms with Crippen LogP contribution in [0.1, 0.15) is 20.8 Å². The van der Waals surface area contributed by atoms with E-state index in [1.807, 2.05) is 27.9 Å². The summed E-state index contributed by atoms with van der Waals surface area (Å²) in [4.78, 5) is 13.7. The van der Waals surface area contributed by atoms with Crippen molar-refractivity contribution in [3.8, 4) is 0 Å². The fourth-order valence-electron chi connectivity index (χ4n) is 1.26. The molecule has 92 valence electrons. The number of rotatable bonds is 3. The summed E-state index contributed by atoms with van der Waals surface area (Å²) in [5.41, 5.74) is -0.0228. The van der Waals surface area contributed by atoms with Gasteiger partial charge >= 0.3 is 0 Å². The molecule has 1 aliphatic rings. The molecule has 1 rings (SSSR count). The summed E-state index contributed by atoms with van der Waals surface area (Å²) in [6.07, 6.45) is 3.18. The first-order valence-corrected chi connectivity index (χ1v) is 5.42. The van der Waals surface area contributed by atoms with Crippen LogP contribution in [-0.2, 0) is 14.3 Å². The Morgan fingerprint density at radius 1 is 1.19 bits per heavy atom. The molecule has 0 atom stereocenters. The smallest absolute Gasteiger partial charge is 0.230 e. The SMILES string of the molecule is CN(C)/C=C/C(=O)C1(C)OCC(C)(C)CO1. The summed E-state index contributed by atoms with van der Waals surface area (Å²) in [5.74, 6) is -1.28. The van der Waals surface area contributed by atoms with Crippen molar-refractivity contribution in [3.63, 3.8) is 0 Å². The largest absolute Gasteiger partial charge is 0.383 e. The number of carbonyl (C=O) groups is 1. The van der Waals surface area contributed by atoms with Gasteiger partial charge in [0, 0.05) is 31.8 Å². The zero-order valence-corrected chi connectivity index (χ0v) is 10.7. The summed E-state index contributed by atoms with van der Waals surface area (Å²) in [5, 5.41) is 0. The van der Waals surface area contributed by atoms with Gasteiger partial charge in [-0.15, -0.1) is 0 Å². The van der Waals surface area contributed by atoms with E-state index in [-0.39, 0.29) is 11.2 Å². The highest BCUT2D eigenvalue weighted by atomic mass is 16.7. The van der Waals surface area contributed by atoms with Crippen LogP contribution in [0.2, 0.25) is 0 Å². The maximum absolute atomic E-state index is 11.9. The Morgan fingerprint density at radius 2 is 1.69 bits per heavy atom. The Balaban J connectivity index is 2.63. The van der Waals surface area contributed by atoms with E-state index < -0.39 is 5.79 Å². The van der Waals surface area contributed by atoms with Gasteiger partial charge < -0.3 is 14.4 Å². The molecule has 1 aliphatic heterocycles. The van der Waals surface area contributed by atoms with E-state index in [2.05, 4.69) is 0 Å². The zero-order valence-electron chi connectivity index (χ0n) is 10.7. The van der Waals surface area contributed by atoms with Crippen LogP contribution in [0.3, 0.4) is 0 Å². The van der Waals surface area contributed by atoms with E-state index in [9.17, 15) is 4.79 Å². The standard InChI is InChI=1S/C12H21NO3/c1-11(2)8-15-12(3,16-9-11)10(14)6-7-13(4)5/h6-7H,8-9H2,1-5H3/b7-6+. The molecule has 16 heavy (non-hydrogen) atoms. The molecule has 0 aromatic rings. The van der Waals surface area contributed by atoms with Crippen molar-refractivity contribution >= 4 is 5.78 Å². The number of hydrogen-bond donors (Lipinski definition) is 0. The monoisotopic (exact) mass is 227 g/mol. The van der Waals surface area contributed by atoms with Gasteiger partial charge in [-0.25, -0.2) is 0 Å². The maximum atomic E-state index is 11.9. The fourth-order valence-corrected chi connectivity index (χ4v) is 1.26. The maximum Gasteiger partial charge on any atom is 0.230 e. The Hall–Kier alpha value is -0.870. The van der Waals surface area contributed by atoms with E-state index in [1.165, 1.54) is 6.08 Å². The number of hydrogen-bond acceptors (Lipinski definition) is 4. The lowest BCUT2D eigenvalue weighted by Gasteiger charge is -2.39. The molecule has 4 nitrogen and oxygen atoms in total. The van der Waals surface area contributed by atoms with Crippen molar-refractivity contribution in [1.29, 1.82) is 0 Å². The highest BCUT2D eigenvalue weighted by Gasteiger charge is 2.41. The van der Waals surface area contributed by atoms with Crippen molar-refractivity contribution in [1.82, 2.24) is 4.90 Å². The van der Waals surface area contributed by atoms with Crippen molar-refractivity contribution in [2.24, 2.45) is 5.41 Å². The van der Waals surface area contributed by atoms with Crippen LogP contribution in [0.5, 0.6) is 0 Å². The second-order valence-electron chi connectivity index (χ2n) is 5.33.